The molecule has 3 nitrogen and oxygen atoms in total. The fourth-order valence-corrected chi connectivity index (χ4v) is 2.95. The van der Waals surface area contributed by atoms with Gasteiger partial charge in [0.25, 0.3) is 0 Å². The lowest BCUT2D eigenvalue weighted by atomic mass is 9.98. The van der Waals surface area contributed by atoms with Crippen LogP contribution in [0.2, 0.25) is 0 Å². The summed E-state index contributed by atoms with van der Waals surface area (Å²) in [6, 6.07) is 10.1. The molecule has 1 aromatic heterocycles. The van der Waals surface area contributed by atoms with Crippen LogP contribution < -0.4 is 5.32 Å². The van der Waals surface area contributed by atoms with E-state index in [0.717, 1.165) is 34.6 Å². The number of nitrogens with zero attached hydrogens (tertiary/aromatic N) is 2. The van der Waals surface area contributed by atoms with Gasteiger partial charge in [0.1, 0.15) is 5.82 Å². The van der Waals surface area contributed by atoms with E-state index in [-0.39, 0.29) is 0 Å². The van der Waals surface area contributed by atoms with Crippen molar-refractivity contribution in [2.45, 2.75) is 18.8 Å². The van der Waals surface area contributed by atoms with Gasteiger partial charge in [0.2, 0.25) is 0 Å². The number of halogens is 1. The smallest absolute Gasteiger partial charge is 0.133 e. The van der Waals surface area contributed by atoms with Crippen molar-refractivity contribution >= 4 is 15.9 Å². The Morgan fingerprint density at radius 3 is 2.89 bits per heavy atom. The summed E-state index contributed by atoms with van der Waals surface area (Å²) in [7, 11) is 0. The van der Waals surface area contributed by atoms with E-state index in [9.17, 15) is 0 Å². The summed E-state index contributed by atoms with van der Waals surface area (Å²) in [6.07, 6.45) is 4.24. The molecule has 0 saturated carbocycles. The minimum atomic E-state index is 0.441. The highest BCUT2D eigenvalue weighted by Gasteiger charge is 2.18. The van der Waals surface area contributed by atoms with Crippen LogP contribution in [0.1, 0.15) is 24.6 Å². The molecule has 1 aliphatic heterocycles. The maximum absolute atomic E-state index is 4.75. The Bertz CT molecular complexity index is 565. The molecule has 98 valence electrons. The molecule has 1 fully saturated rings. The number of aromatic nitrogens is 2. The van der Waals surface area contributed by atoms with Gasteiger partial charge in [-0.1, -0.05) is 34.1 Å². The van der Waals surface area contributed by atoms with Gasteiger partial charge in [-0.25, -0.2) is 9.97 Å². The SMILES string of the molecule is Brc1ccccc1-c1ccnc(C2CCCNC2)n1. The third-order valence-corrected chi connectivity index (χ3v) is 4.18. The zero-order valence-corrected chi connectivity index (χ0v) is 12.2. The summed E-state index contributed by atoms with van der Waals surface area (Å²) < 4.78 is 1.07. The van der Waals surface area contributed by atoms with E-state index in [1.807, 2.05) is 30.5 Å². The minimum Gasteiger partial charge on any atom is -0.316 e. The van der Waals surface area contributed by atoms with Gasteiger partial charge in [0.15, 0.2) is 0 Å². The Kier molecular flexibility index (Phi) is 3.89. The van der Waals surface area contributed by atoms with Crippen LogP contribution in [0, 0.1) is 0 Å². The van der Waals surface area contributed by atoms with Crippen LogP contribution >= 0.6 is 15.9 Å². The quantitative estimate of drug-likeness (QED) is 0.922. The molecule has 2 aromatic rings. The van der Waals surface area contributed by atoms with E-state index in [1.165, 1.54) is 12.8 Å². The number of rotatable bonds is 2. The zero-order valence-electron chi connectivity index (χ0n) is 10.6. The van der Waals surface area contributed by atoms with Crippen molar-refractivity contribution in [3.8, 4) is 11.3 Å². The van der Waals surface area contributed by atoms with Gasteiger partial charge in [0.05, 0.1) is 5.69 Å². The van der Waals surface area contributed by atoms with E-state index in [1.54, 1.807) is 0 Å². The van der Waals surface area contributed by atoms with Crippen molar-refractivity contribution in [2.24, 2.45) is 0 Å². The fourth-order valence-electron chi connectivity index (χ4n) is 2.46. The van der Waals surface area contributed by atoms with E-state index in [4.69, 9.17) is 4.98 Å². The molecule has 0 aliphatic carbocycles. The summed E-state index contributed by atoms with van der Waals surface area (Å²) in [4.78, 5) is 9.20. The van der Waals surface area contributed by atoms with Crippen molar-refractivity contribution in [3.05, 3.63) is 46.8 Å². The predicted molar refractivity (Wildman–Crippen MR) is 80.0 cm³/mol. The number of piperidine rings is 1. The lowest BCUT2D eigenvalue weighted by molar-refractivity contribution is 0.447. The molecule has 3 rings (SSSR count). The maximum Gasteiger partial charge on any atom is 0.133 e. The molecule has 19 heavy (non-hydrogen) atoms. The monoisotopic (exact) mass is 317 g/mol. The molecule has 1 aliphatic rings. The average Bonchev–Trinajstić information content (AvgIpc) is 2.49. The van der Waals surface area contributed by atoms with Gasteiger partial charge in [-0.05, 0) is 31.5 Å². The Hall–Kier alpha value is -1.26. The standard InChI is InChI=1S/C15H16BrN3/c16-13-6-2-1-5-12(13)14-7-9-18-15(19-14)11-4-3-8-17-10-11/h1-2,5-7,9,11,17H,3-4,8,10H2. The molecular weight excluding hydrogens is 302 g/mol. The lowest BCUT2D eigenvalue weighted by Gasteiger charge is -2.21. The second-order valence-corrected chi connectivity index (χ2v) is 5.68. The maximum atomic E-state index is 4.75. The van der Waals surface area contributed by atoms with Crippen LogP contribution in [-0.2, 0) is 0 Å². The van der Waals surface area contributed by atoms with Crippen LogP contribution in [0.5, 0.6) is 0 Å². The van der Waals surface area contributed by atoms with Crippen molar-refractivity contribution in [1.82, 2.24) is 15.3 Å². The molecule has 0 spiro atoms. The fraction of sp³-hybridized carbons (Fsp3) is 0.333. The molecule has 1 atom stereocenters. The predicted octanol–water partition coefficient (Wildman–Crippen LogP) is 3.37. The van der Waals surface area contributed by atoms with Crippen LogP contribution in [0.3, 0.4) is 0 Å². The Labute approximate surface area is 121 Å². The van der Waals surface area contributed by atoms with E-state index in [0.29, 0.717) is 5.92 Å². The molecule has 1 N–H and O–H groups in total. The van der Waals surface area contributed by atoms with Crippen molar-refractivity contribution in [2.75, 3.05) is 13.1 Å². The number of hydrogen-bond donors (Lipinski definition) is 1. The average molecular weight is 318 g/mol. The first-order valence-electron chi connectivity index (χ1n) is 6.63. The lowest BCUT2D eigenvalue weighted by Crippen LogP contribution is -2.29. The van der Waals surface area contributed by atoms with Crippen LogP contribution in [0.4, 0.5) is 0 Å². The normalized spacial score (nSPS) is 19.3. The topological polar surface area (TPSA) is 37.8 Å². The molecule has 1 unspecified atom stereocenters. The number of benzene rings is 1. The number of nitrogens with one attached hydrogen (secondary N) is 1. The van der Waals surface area contributed by atoms with E-state index >= 15 is 0 Å². The second kappa shape index (κ2) is 5.80. The zero-order chi connectivity index (χ0) is 13.1. The van der Waals surface area contributed by atoms with Crippen LogP contribution in [0.25, 0.3) is 11.3 Å². The summed E-state index contributed by atoms with van der Waals surface area (Å²) in [5.74, 6) is 1.40. The molecule has 0 radical (unpaired) electrons. The molecule has 0 amide bonds. The van der Waals surface area contributed by atoms with E-state index in [2.05, 4.69) is 32.3 Å². The first-order valence-corrected chi connectivity index (χ1v) is 7.42. The molecule has 1 saturated heterocycles. The van der Waals surface area contributed by atoms with Crippen LogP contribution in [0.15, 0.2) is 41.0 Å². The van der Waals surface area contributed by atoms with Gasteiger partial charge in [-0.15, -0.1) is 0 Å². The first-order chi connectivity index (χ1) is 9.34. The van der Waals surface area contributed by atoms with E-state index < -0.39 is 0 Å². The minimum absolute atomic E-state index is 0.441. The third-order valence-electron chi connectivity index (χ3n) is 3.49. The van der Waals surface area contributed by atoms with Crippen molar-refractivity contribution in [1.29, 1.82) is 0 Å². The Morgan fingerprint density at radius 1 is 1.21 bits per heavy atom. The Balaban J connectivity index is 1.93. The van der Waals surface area contributed by atoms with Gasteiger partial charge in [0, 0.05) is 28.7 Å². The first kappa shape index (κ1) is 12.8. The highest BCUT2D eigenvalue weighted by molar-refractivity contribution is 9.10. The third kappa shape index (κ3) is 2.85. The molecular formula is C15H16BrN3. The molecule has 4 heteroatoms. The van der Waals surface area contributed by atoms with Gasteiger partial charge in [-0.3, -0.25) is 0 Å². The van der Waals surface area contributed by atoms with Crippen LogP contribution in [-0.4, -0.2) is 23.1 Å². The molecule has 1 aromatic carbocycles. The van der Waals surface area contributed by atoms with Crippen molar-refractivity contribution in [3.63, 3.8) is 0 Å². The summed E-state index contributed by atoms with van der Waals surface area (Å²) in [5.41, 5.74) is 2.11. The summed E-state index contributed by atoms with van der Waals surface area (Å²) >= 11 is 3.58. The molecule has 0 bridgehead atoms. The largest absolute Gasteiger partial charge is 0.316 e. The second-order valence-electron chi connectivity index (χ2n) is 4.82. The molecule has 2 heterocycles. The van der Waals surface area contributed by atoms with Gasteiger partial charge in [-0.2, -0.15) is 0 Å². The van der Waals surface area contributed by atoms with Gasteiger partial charge >= 0.3 is 0 Å². The highest BCUT2D eigenvalue weighted by atomic mass is 79.9. The number of hydrogen-bond acceptors (Lipinski definition) is 3. The summed E-state index contributed by atoms with van der Waals surface area (Å²) in [6.45, 7) is 2.10. The van der Waals surface area contributed by atoms with Crippen molar-refractivity contribution < 1.29 is 0 Å². The van der Waals surface area contributed by atoms with Gasteiger partial charge < -0.3 is 5.32 Å². The summed E-state index contributed by atoms with van der Waals surface area (Å²) in [5, 5.41) is 3.41. The Morgan fingerprint density at radius 2 is 2.11 bits per heavy atom. The highest BCUT2D eigenvalue weighted by Crippen LogP contribution is 2.28.